The van der Waals surface area contributed by atoms with Gasteiger partial charge in [0, 0.05) is 16.1 Å². The van der Waals surface area contributed by atoms with Gasteiger partial charge in [-0.05, 0) is 63.1 Å². The smallest absolute Gasteiger partial charge is 0.375 e. The summed E-state index contributed by atoms with van der Waals surface area (Å²) in [5.41, 5.74) is 4.27. The SMILES string of the molecule is Cc1cc(C)c(NC(=O)C(C)OC(=O)c2cc3cc(Cl)ccc3o2)c(C)c1. The zero-order chi connectivity index (χ0) is 19.7. The van der Waals surface area contributed by atoms with Gasteiger partial charge in [-0.15, -0.1) is 0 Å². The van der Waals surface area contributed by atoms with Gasteiger partial charge in [-0.25, -0.2) is 4.79 Å². The molecule has 0 saturated heterocycles. The minimum absolute atomic E-state index is 0.0228. The molecule has 6 heteroatoms. The van der Waals surface area contributed by atoms with E-state index >= 15 is 0 Å². The van der Waals surface area contributed by atoms with Crippen LogP contribution in [0.15, 0.2) is 40.8 Å². The van der Waals surface area contributed by atoms with Crippen LogP contribution < -0.4 is 5.32 Å². The Kier molecular flexibility index (Phi) is 5.24. The van der Waals surface area contributed by atoms with Gasteiger partial charge in [0.1, 0.15) is 5.58 Å². The second-order valence-corrected chi connectivity index (χ2v) is 7.04. The lowest BCUT2D eigenvalue weighted by Gasteiger charge is -2.16. The average Bonchev–Trinajstić information content (AvgIpc) is 3.01. The van der Waals surface area contributed by atoms with E-state index in [1.807, 2.05) is 32.9 Å². The maximum atomic E-state index is 12.4. The minimum Gasteiger partial charge on any atom is -0.449 e. The van der Waals surface area contributed by atoms with E-state index in [1.165, 1.54) is 6.92 Å². The molecule has 0 aliphatic rings. The van der Waals surface area contributed by atoms with Crippen molar-refractivity contribution in [3.05, 3.63) is 63.9 Å². The molecule has 3 rings (SSSR count). The highest BCUT2D eigenvalue weighted by atomic mass is 35.5. The number of aryl methyl sites for hydroxylation is 3. The minimum atomic E-state index is -0.977. The third kappa shape index (κ3) is 4.14. The van der Waals surface area contributed by atoms with Crippen LogP contribution in [0.5, 0.6) is 0 Å². The molecule has 0 spiro atoms. The quantitative estimate of drug-likeness (QED) is 0.627. The van der Waals surface area contributed by atoms with E-state index in [0.717, 1.165) is 22.4 Å². The van der Waals surface area contributed by atoms with Gasteiger partial charge in [-0.1, -0.05) is 29.3 Å². The zero-order valence-corrected chi connectivity index (χ0v) is 16.3. The van der Waals surface area contributed by atoms with Crippen LogP contribution in [0.25, 0.3) is 11.0 Å². The van der Waals surface area contributed by atoms with E-state index < -0.39 is 18.0 Å². The first-order chi connectivity index (χ1) is 12.7. The molecular weight excluding hydrogens is 366 g/mol. The van der Waals surface area contributed by atoms with Crippen molar-refractivity contribution in [1.29, 1.82) is 0 Å². The Labute approximate surface area is 162 Å². The van der Waals surface area contributed by atoms with Gasteiger partial charge < -0.3 is 14.5 Å². The maximum Gasteiger partial charge on any atom is 0.375 e. The lowest BCUT2D eigenvalue weighted by atomic mass is 10.0. The number of rotatable bonds is 4. The second kappa shape index (κ2) is 7.45. The molecule has 1 amide bonds. The van der Waals surface area contributed by atoms with E-state index in [1.54, 1.807) is 24.3 Å². The number of amides is 1. The molecule has 0 bridgehead atoms. The fourth-order valence-corrected chi connectivity index (χ4v) is 3.17. The third-order valence-electron chi connectivity index (χ3n) is 4.26. The summed E-state index contributed by atoms with van der Waals surface area (Å²) >= 11 is 5.93. The summed E-state index contributed by atoms with van der Waals surface area (Å²) in [6.07, 6.45) is -0.977. The number of carbonyl (C=O) groups is 2. The number of hydrogen-bond donors (Lipinski definition) is 1. The van der Waals surface area contributed by atoms with Crippen molar-refractivity contribution in [2.45, 2.75) is 33.8 Å². The fraction of sp³-hybridized carbons (Fsp3) is 0.238. The Hall–Kier alpha value is -2.79. The topological polar surface area (TPSA) is 68.5 Å². The first-order valence-corrected chi connectivity index (χ1v) is 8.91. The molecule has 1 aromatic heterocycles. The van der Waals surface area contributed by atoms with Crippen molar-refractivity contribution in [1.82, 2.24) is 0 Å². The number of nitrogens with one attached hydrogen (secondary N) is 1. The molecule has 2 aromatic carbocycles. The zero-order valence-electron chi connectivity index (χ0n) is 15.6. The Morgan fingerprint density at radius 1 is 1.07 bits per heavy atom. The van der Waals surface area contributed by atoms with E-state index in [-0.39, 0.29) is 5.76 Å². The number of ether oxygens (including phenoxy) is 1. The number of hydrogen-bond acceptors (Lipinski definition) is 4. The van der Waals surface area contributed by atoms with E-state index in [0.29, 0.717) is 16.0 Å². The van der Waals surface area contributed by atoms with Crippen LogP contribution >= 0.6 is 11.6 Å². The van der Waals surface area contributed by atoms with Crippen LogP contribution in [0.2, 0.25) is 5.02 Å². The summed E-state index contributed by atoms with van der Waals surface area (Å²) in [5.74, 6) is -1.09. The molecule has 0 radical (unpaired) electrons. The van der Waals surface area contributed by atoms with Gasteiger partial charge in [-0.3, -0.25) is 4.79 Å². The third-order valence-corrected chi connectivity index (χ3v) is 4.49. The predicted octanol–water partition coefficient (Wildman–Crippen LogP) is 5.20. The molecule has 0 aliphatic heterocycles. The molecule has 0 saturated carbocycles. The van der Waals surface area contributed by atoms with Crippen molar-refractivity contribution in [3.8, 4) is 0 Å². The van der Waals surface area contributed by atoms with E-state index in [9.17, 15) is 9.59 Å². The van der Waals surface area contributed by atoms with Crippen LogP contribution in [0.3, 0.4) is 0 Å². The van der Waals surface area contributed by atoms with Crippen molar-refractivity contribution < 1.29 is 18.7 Å². The van der Waals surface area contributed by atoms with Gasteiger partial charge in [0.15, 0.2) is 6.10 Å². The monoisotopic (exact) mass is 385 g/mol. The maximum absolute atomic E-state index is 12.4. The number of benzene rings is 2. The van der Waals surface area contributed by atoms with E-state index in [2.05, 4.69) is 5.32 Å². The van der Waals surface area contributed by atoms with Gasteiger partial charge in [0.05, 0.1) is 0 Å². The molecule has 1 heterocycles. The highest BCUT2D eigenvalue weighted by Gasteiger charge is 2.22. The van der Waals surface area contributed by atoms with Crippen LogP contribution in [0, 0.1) is 20.8 Å². The highest BCUT2D eigenvalue weighted by Crippen LogP contribution is 2.24. The molecule has 3 aromatic rings. The molecule has 27 heavy (non-hydrogen) atoms. The van der Waals surface area contributed by atoms with Gasteiger partial charge >= 0.3 is 5.97 Å². The summed E-state index contributed by atoms with van der Waals surface area (Å²) in [5, 5.41) is 4.07. The summed E-state index contributed by atoms with van der Waals surface area (Å²) in [6, 6.07) is 10.6. The highest BCUT2D eigenvalue weighted by molar-refractivity contribution is 6.31. The van der Waals surface area contributed by atoms with Crippen molar-refractivity contribution in [3.63, 3.8) is 0 Å². The lowest BCUT2D eigenvalue weighted by Crippen LogP contribution is -2.30. The van der Waals surface area contributed by atoms with Gasteiger partial charge in [0.25, 0.3) is 5.91 Å². The summed E-state index contributed by atoms with van der Waals surface area (Å²) in [6.45, 7) is 7.36. The Morgan fingerprint density at radius 3 is 2.41 bits per heavy atom. The van der Waals surface area contributed by atoms with Crippen molar-refractivity contribution >= 4 is 40.1 Å². The fourth-order valence-electron chi connectivity index (χ4n) is 2.99. The normalized spacial score (nSPS) is 12.0. The standard InChI is InChI=1S/C21H20ClNO4/c1-11-7-12(2)19(13(3)8-11)23-20(24)14(4)26-21(25)18-10-15-9-16(22)5-6-17(15)27-18/h5-10,14H,1-4H3,(H,23,24). The summed E-state index contributed by atoms with van der Waals surface area (Å²) < 4.78 is 10.7. The Morgan fingerprint density at radius 2 is 1.74 bits per heavy atom. The largest absolute Gasteiger partial charge is 0.449 e. The van der Waals surface area contributed by atoms with Crippen LogP contribution in [-0.2, 0) is 9.53 Å². The Bertz CT molecular complexity index is 1010. The average molecular weight is 386 g/mol. The van der Waals surface area contributed by atoms with Crippen molar-refractivity contribution in [2.24, 2.45) is 0 Å². The van der Waals surface area contributed by atoms with Crippen LogP contribution in [0.1, 0.15) is 34.2 Å². The molecule has 1 atom stereocenters. The predicted molar refractivity (Wildman–Crippen MR) is 105 cm³/mol. The van der Waals surface area contributed by atoms with Crippen molar-refractivity contribution in [2.75, 3.05) is 5.32 Å². The molecule has 0 fully saturated rings. The molecule has 0 aliphatic carbocycles. The second-order valence-electron chi connectivity index (χ2n) is 6.60. The number of fused-ring (bicyclic) bond motifs is 1. The van der Waals surface area contributed by atoms with Crippen LogP contribution in [0.4, 0.5) is 5.69 Å². The summed E-state index contributed by atoms with van der Waals surface area (Å²) in [7, 11) is 0. The number of anilines is 1. The van der Waals surface area contributed by atoms with E-state index in [4.69, 9.17) is 20.8 Å². The van der Waals surface area contributed by atoms with Gasteiger partial charge in [0.2, 0.25) is 5.76 Å². The summed E-state index contributed by atoms with van der Waals surface area (Å²) in [4.78, 5) is 24.8. The number of carbonyl (C=O) groups excluding carboxylic acids is 2. The molecule has 1 N–H and O–H groups in total. The Balaban J connectivity index is 1.71. The molecule has 140 valence electrons. The molecule has 5 nitrogen and oxygen atoms in total. The first-order valence-electron chi connectivity index (χ1n) is 8.53. The van der Waals surface area contributed by atoms with Crippen LogP contribution in [-0.4, -0.2) is 18.0 Å². The first kappa shape index (κ1) is 19.0. The lowest BCUT2D eigenvalue weighted by molar-refractivity contribution is -0.123. The number of furan rings is 1. The number of halogens is 1. The number of esters is 1. The molecule has 1 unspecified atom stereocenters. The van der Waals surface area contributed by atoms with Gasteiger partial charge in [-0.2, -0.15) is 0 Å². The molecular formula is C21H20ClNO4.